The van der Waals surface area contributed by atoms with Crippen LogP contribution in [0.1, 0.15) is 5.56 Å². The lowest BCUT2D eigenvalue weighted by Gasteiger charge is -2.19. The molecule has 0 bridgehead atoms. The summed E-state index contributed by atoms with van der Waals surface area (Å²) in [5.74, 6) is 0.830. The summed E-state index contributed by atoms with van der Waals surface area (Å²) in [7, 11) is 0. The summed E-state index contributed by atoms with van der Waals surface area (Å²) in [6, 6.07) is 24.3. The number of ether oxygens (including phenoxy) is 3. The minimum absolute atomic E-state index is 0.0117. The van der Waals surface area contributed by atoms with E-state index in [0.29, 0.717) is 13.2 Å². The van der Waals surface area contributed by atoms with Crippen molar-refractivity contribution in [3.63, 3.8) is 0 Å². The van der Waals surface area contributed by atoms with Gasteiger partial charge in [0.25, 0.3) is 0 Å². The molecule has 0 saturated carbocycles. The number of epoxide rings is 1. The van der Waals surface area contributed by atoms with Gasteiger partial charge in [-0.3, -0.25) is 0 Å². The zero-order valence-corrected chi connectivity index (χ0v) is 12.7. The van der Waals surface area contributed by atoms with Crippen LogP contribution in [0.3, 0.4) is 0 Å². The molecule has 1 aliphatic heterocycles. The first-order valence-corrected chi connectivity index (χ1v) is 7.82. The molecular weight excluding hydrogens is 288 g/mol. The van der Waals surface area contributed by atoms with E-state index in [1.807, 2.05) is 54.6 Å². The van der Waals surface area contributed by atoms with E-state index in [2.05, 4.69) is 18.2 Å². The SMILES string of the molecule is c1ccc(COC(Oc2cccc3ccccc23)C2CO2)cc1. The van der Waals surface area contributed by atoms with Crippen molar-refractivity contribution in [1.82, 2.24) is 0 Å². The second-order valence-corrected chi connectivity index (χ2v) is 5.63. The Morgan fingerprint density at radius 3 is 2.48 bits per heavy atom. The molecule has 1 aliphatic rings. The maximum Gasteiger partial charge on any atom is 0.229 e. The van der Waals surface area contributed by atoms with Gasteiger partial charge < -0.3 is 14.2 Å². The van der Waals surface area contributed by atoms with Crippen LogP contribution in [0, 0.1) is 0 Å². The molecule has 2 atom stereocenters. The first-order valence-electron chi connectivity index (χ1n) is 7.82. The van der Waals surface area contributed by atoms with Crippen LogP contribution in [0.4, 0.5) is 0 Å². The van der Waals surface area contributed by atoms with Crippen molar-refractivity contribution >= 4 is 10.8 Å². The number of benzene rings is 3. The molecule has 0 amide bonds. The molecule has 3 nitrogen and oxygen atoms in total. The molecule has 2 unspecified atom stereocenters. The maximum absolute atomic E-state index is 6.13. The highest BCUT2D eigenvalue weighted by Gasteiger charge is 2.36. The Labute approximate surface area is 135 Å². The van der Waals surface area contributed by atoms with Crippen molar-refractivity contribution in [2.45, 2.75) is 19.0 Å². The Morgan fingerprint density at radius 1 is 0.913 bits per heavy atom. The van der Waals surface area contributed by atoms with Crippen LogP contribution in [0.25, 0.3) is 10.8 Å². The molecule has 3 aromatic rings. The normalized spacial score (nSPS) is 17.8. The molecule has 1 heterocycles. The van der Waals surface area contributed by atoms with E-state index in [-0.39, 0.29) is 12.4 Å². The summed E-state index contributed by atoms with van der Waals surface area (Å²) in [6.07, 6.45) is -0.376. The van der Waals surface area contributed by atoms with Crippen LogP contribution < -0.4 is 4.74 Å². The van der Waals surface area contributed by atoms with Crippen LogP contribution in [-0.4, -0.2) is 19.0 Å². The largest absolute Gasteiger partial charge is 0.461 e. The summed E-state index contributed by atoms with van der Waals surface area (Å²) < 4.78 is 17.5. The number of fused-ring (bicyclic) bond motifs is 1. The monoisotopic (exact) mass is 306 g/mol. The summed E-state index contributed by atoms with van der Waals surface area (Å²) >= 11 is 0. The Morgan fingerprint density at radius 2 is 1.65 bits per heavy atom. The highest BCUT2D eigenvalue weighted by atomic mass is 16.7. The predicted molar refractivity (Wildman–Crippen MR) is 89.3 cm³/mol. The van der Waals surface area contributed by atoms with Gasteiger partial charge in [-0.25, -0.2) is 0 Å². The van der Waals surface area contributed by atoms with Crippen LogP contribution in [0.5, 0.6) is 5.75 Å². The minimum atomic E-state index is -0.388. The molecule has 23 heavy (non-hydrogen) atoms. The van der Waals surface area contributed by atoms with E-state index in [1.165, 1.54) is 0 Å². The highest BCUT2D eigenvalue weighted by molar-refractivity contribution is 5.88. The molecule has 0 N–H and O–H groups in total. The smallest absolute Gasteiger partial charge is 0.229 e. The lowest BCUT2D eigenvalue weighted by molar-refractivity contribution is -0.102. The third kappa shape index (κ3) is 3.36. The summed E-state index contributed by atoms with van der Waals surface area (Å²) in [5, 5.41) is 2.24. The van der Waals surface area contributed by atoms with Crippen molar-refractivity contribution in [3.8, 4) is 5.75 Å². The fraction of sp³-hybridized carbons (Fsp3) is 0.200. The van der Waals surface area contributed by atoms with Crippen LogP contribution in [0.2, 0.25) is 0 Å². The molecule has 0 aliphatic carbocycles. The van der Waals surface area contributed by atoms with Gasteiger partial charge in [0.1, 0.15) is 11.9 Å². The lowest BCUT2D eigenvalue weighted by atomic mass is 10.1. The summed E-state index contributed by atoms with van der Waals surface area (Å²) in [4.78, 5) is 0. The van der Waals surface area contributed by atoms with Crippen molar-refractivity contribution < 1.29 is 14.2 Å². The standard InChI is InChI=1S/C20H18O3/c1-2-7-15(8-3-1)13-22-20(19-14-21-19)23-18-12-6-10-16-9-4-5-11-17(16)18/h1-12,19-20H,13-14H2. The average molecular weight is 306 g/mol. The van der Waals surface area contributed by atoms with E-state index >= 15 is 0 Å². The minimum Gasteiger partial charge on any atom is -0.461 e. The van der Waals surface area contributed by atoms with Crippen molar-refractivity contribution in [1.29, 1.82) is 0 Å². The van der Waals surface area contributed by atoms with Gasteiger partial charge in [-0.15, -0.1) is 0 Å². The topological polar surface area (TPSA) is 31.0 Å². The van der Waals surface area contributed by atoms with Crippen LogP contribution >= 0.6 is 0 Å². The molecule has 1 saturated heterocycles. The van der Waals surface area contributed by atoms with Gasteiger partial charge >= 0.3 is 0 Å². The van der Waals surface area contributed by atoms with Gasteiger partial charge in [0.15, 0.2) is 0 Å². The van der Waals surface area contributed by atoms with Crippen molar-refractivity contribution in [2.75, 3.05) is 6.61 Å². The molecule has 1 fully saturated rings. The van der Waals surface area contributed by atoms with Crippen LogP contribution in [0.15, 0.2) is 72.8 Å². The molecule has 3 heteroatoms. The Hall–Kier alpha value is -2.36. The summed E-state index contributed by atoms with van der Waals surface area (Å²) in [6.45, 7) is 1.19. The molecule has 116 valence electrons. The third-order valence-corrected chi connectivity index (χ3v) is 3.91. The molecule has 0 aromatic heterocycles. The number of hydrogen-bond donors (Lipinski definition) is 0. The zero-order valence-electron chi connectivity index (χ0n) is 12.7. The Bertz CT molecular complexity index is 776. The Kier molecular flexibility index (Phi) is 3.97. The van der Waals surface area contributed by atoms with Crippen LogP contribution in [-0.2, 0) is 16.1 Å². The third-order valence-electron chi connectivity index (χ3n) is 3.91. The second kappa shape index (κ2) is 6.41. The van der Waals surface area contributed by atoms with Gasteiger partial charge in [-0.1, -0.05) is 66.7 Å². The lowest BCUT2D eigenvalue weighted by Crippen LogP contribution is -2.26. The van der Waals surface area contributed by atoms with Crippen molar-refractivity contribution in [3.05, 3.63) is 78.4 Å². The summed E-state index contributed by atoms with van der Waals surface area (Å²) in [5.41, 5.74) is 1.12. The van der Waals surface area contributed by atoms with E-state index in [0.717, 1.165) is 22.1 Å². The van der Waals surface area contributed by atoms with E-state index in [1.54, 1.807) is 0 Å². The molecule has 0 spiro atoms. The number of rotatable bonds is 6. The van der Waals surface area contributed by atoms with Crippen molar-refractivity contribution in [2.24, 2.45) is 0 Å². The van der Waals surface area contributed by atoms with Gasteiger partial charge in [0, 0.05) is 5.39 Å². The fourth-order valence-corrected chi connectivity index (χ4v) is 2.61. The maximum atomic E-state index is 6.13. The van der Waals surface area contributed by atoms with Gasteiger partial charge in [0.2, 0.25) is 6.29 Å². The van der Waals surface area contributed by atoms with E-state index < -0.39 is 0 Å². The molecule has 0 radical (unpaired) electrons. The van der Waals surface area contributed by atoms with E-state index in [9.17, 15) is 0 Å². The second-order valence-electron chi connectivity index (χ2n) is 5.63. The van der Waals surface area contributed by atoms with E-state index in [4.69, 9.17) is 14.2 Å². The van der Waals surface area contributed by atoms with Gasteiger partial charge in [-0.05, 0) is 17.0 Å². The highest BCUT2D eigenvalue weighted by Crippen LogP contribution is 2.29. The zero-order chi connectivity index (χ0) is 15.5. The molecular formula is C20H18O3. The van der Waals surface area contributed by atoms with Gasteiger partial charge in [-0.2, -0.15) is 0 Å². The Balaban J connectivity index is 1.52. The first-order chi connectivity index (χ1) is 11.4. The van der Waals surface area contributed by atoms with Gasteiger partial charge in [0.05, 0.1) is 13.2 Å². The predicted octanol–water partition coefficient (Wildman–Crippen LogP) is 4.16. The first kappa shape index (κ1) is 14.2. The quantitative estimate of drug-likeness (QED) is 0.506. The molecule has 3 aromatic carbocycles. The average Bonchev–Trinajstić information content (AvgIpc) is 3.45. The fourth-order valence-electron chi connectivity index (χ4n) is 2.61. The molecule has 4 rings (SSSR count). The number of hydrogen-bond acceptors (Lipinski definition) is 3.